The van der Waals surface area contributed by atoms with Crippen molar-refractivity contribution in [3.8, 4) is 17.0 Å². The molecule has 0 bridgehead atoms. The molecule has 1 aromatic heterocycles. The molecule has 2 rings (SSSR count). The van der Waals surface area contributed by atoms with Crippen molar-refractivity contribution in [3.63, 3.8) is 0 Å². The van der Waals surface area contributed by atoms with Crippen molar-refractivity contribution in [1.29, 1.82) is 0 Å². The molecule has 2 aromatic rings. The average molecular weight is 274 g/mol. The van der Waals surface area contributed by atoms with Crippen molar-refractivity contribution in [1.82, 2.24) is 9.97 Å². The number of nitrogens with one attached hydrogen (secondary N) is 1. The molecule has 1 N–H and O–H groups in total. The molecule has 0 radical (unpaired) electrons. The van der Waals surface area contributed by atoms with Gasteiger partial charge in [-0.15, -0.1) is 0 Å². The zero-order valence-electron chi connectivity index (χ0n) is 11.2. The Morgan fingerprint density at radius 2 is 2.00 bits per heavy atom. The first-order valence-electron chi connectivity index (χ1n) is 6.05. The fraction of sp³-hybridized carbons (Fsp3) is 0.231. The number of nitrogens with zero attached hydrogens (tertiary/aromatic N) is 3. The fourth-order valence-corrected chi connectivity index (χ4v) is 1.81. The van der Waals surface area contributed by atoms with Crippen molar-refractivity contribution in [2.24, 2.45) is 0 Å². The maximum atomic E-state index is 11.3. The molecule has 20 heavy (non-hydrogen) atoms. The summed E-state index contributed by atoms with van der Waals surface area (Å²) in [6.45, 7) is 2.39. The standard InChI is InChI=1S/C13H14N4O3/c1-3-14-13-12(17(18)19)11(15-8-16-13)9-4-6-10(20-2)7-5-9/h4-8H,3H2,1-2H3,(H,14,15,16). The van der Waals surface area contributed by atoms with E-state index in [2.05, 4.69) is 15.3 Å². The number of hydrogen-bond acceptors (Lipinski definition) is 6. The van der Waals surface area contributed by atoms with Gasteiger partial charge in [-0.2, -0.15) is 0 Å². The summed E-state index contributed by atoms with van der Waals surface area (Å²) in [6, 6.07) is 6.91. The first-order chi connectivity index (χ1) is 9.67. The molecule has 0 amide bonds. The highest BCUT2D eigenvalue weighted by Crippen LogP contribution is 2.33. The SMILES string of the molecule is CCNc1ncnc(-c2ccc(OC)cc2)c1[N+](=O)[O-]. The Bertz CT molecular complexity index is 614. The Labute approximate surface area is 115 Å². The zero-order valence-corrected chi connectivity index (χ0v) is 11.2. The number of hydrogen-bond donors (Lipinski definition) is 1. The molecule has 0 aliphatic carbocycles. The smallest absolute Gasteiger partial charge is 0.337 e. The molecule has 1 aromatic carbocycles. The van der Waals surface area contributed by atoms with E-state index >= 15 is 0 Å². The van der Waals surface area contributed by atoms with E-state index in [9.17, 15) is 10.1 Å². The number of rotatable bonds is 5. The van der Waals surface area contributed by atoms with Crippen molar-refractivity contribution < 1.29 is 9.66 Å². The molecule has 0 saturated heterocycles. The number of benzene rings is 1. The highest BCUT2D eigenvalue weighted by Gasteiger charge is 2.23. The lowest BCUT2D eigenvalue weighted by Gasteiger charge is -2.07. The molecule has 0 atom stereocenters. The third-order valence-electron chi connectivity index (χ3n) is 2.71. The van der Waals surface area contributed by atoms with Crippen LogP contribution in [-0.2, 0) is 0 Å². The first kappa shape index (κ1) is 13.7. The van der Waals surface area contributed by atoms with Gasteiger partial charge in [0, 0.05) is 12.1 Å². The summed E-state index contributed by atoms with van der Waals surface area (Å²) in [5, 5.41) is 14.1. The van der Waals surface area contributed by atoms with Gasteiger partial charge in [0.25, 0.3) is 0 Å². The molecular weight excluding hydrogens is 260 g/mol. The van der Waals surface area contributed by atoms with Gasteiger partial charge in [-0.1, -0.05) is 0 Å². The van der Waals surface area contributed by atoms with Crippen LogP contribution in [0.25, 0.3) is 11.3 Å². The number of aromatic nitrogens is 2. The van der Waals surface area contributed by atoms with Gasteiger partial charge in [-0.05, 0) is 31.2 Å². The Morgan fingerprint density at radius 3 is 2.55 bits per heavy atom. The van der Waals surface area contributed by atoms with Gasteiger partial charge in [-0.3, -0.25) is 10.1 Å². The lowest BCUT2D eigenvalue weighted by molar-refractivity contribution is -0.383. The van der Waals surface area contributed by atoms with E-state index in [1.807, 2.05) is 6.92 Å². The number of methoxy groups -OCH3 is 1. The van der Waals surface area contributed by atoms with Gasteiger partial charge in [0.1, 0.15) is 12.1 Å². The number of ether oxygens (including phenoxy) is 1. The quantitative estimate of drug-likeness (QED) is 0.665. The van der Waals surface area contributed by atoms with E-state index in [1.54, 1.807) is 31.4 Å². The third-order valence-corrected chi connectivity index (χ3v) is 2.71. The molecule has 0 saturated carbocycles. The van der Waals surface area contributed by atoms with Crippen molar-refractivity contribution >= 4 is 11.5 Å². The Balaban J connectivity index is 2.54. The predicted molar refractivity (Wildman–Crippen MR) is 74.8 cm³/mol. The van der Waals surface area contributed by atoms with Crippen LogP contribution in [0.3, 0.4) is 0 Å². The maximum absolute atomic E-state index is 11.3. The summed E-state index contributed by atoms with van der Waals surface area (Å²) in [5.74, 6) is 0.899. The fourth-order valence-electron chi connectivity index (χ4n) is 1.81. The lowest BCUT2D eigenvalue weighted by atomic mass is 10.1. The van der Waals surface area contributed by atoms with Crippen LogP contribution in [0.5, 0.6) is 5.75 Å². The van der Waals surface area contributed by atoms with E-state index in [-0.39, 0.29) is 17.2 Å². The summed E-state index contributed by atoms with van der Waals surface area (Å²) in [6.07, 6.45) is 1.31. The molecule has 1 heterocycles. The van der Waals surface area contributed by atoms with Crippen LogP contribution >= 0.6 is 0 Å². The van der Waals surface area contributed by atoms with Crippen LogP contribution in [0, 0.1) is 10.1 Å². The Morgan fingerprint density at radius 1 is 1.30 bits per heavy atom. The monoisotopic (exact) mass is 274 g/mol. The lowest BCUT2D eigenvalue weighted by Crippen LogP contribution is -2.06. The van der Waals surface area contributed by atoms with Crippen molar-refractivity contribution in [2.75, 3.05) is 19.0 Å². The van der Waals surface area contributed by atoms with E-state index in [1.165, 1.54) is 6.33 Å². The van der Waals surface area contributed by atoms with Gasteiger partial charge in [0.15, 0.2) is 5.69 Å². The van der Waals surface area contributed by atoms with E-state index in [0.29, 0.717) is 17.9 Å². The Hall–Kier alpha value is -2.70. The van der Waals surface area contributed by atoms with Crippen LogP contribution in [0.4, 0.5) is 11.5 Å². The van der Waals surface area contributed by atoms with Gasteiger partial charge >= 0.3 is 5.69 Å². The highest BCUT2D eigenvalue weighted by molar-refractivity contribution is 5.76. The van der Waals surface area contributed by atoms with Crippen LogP contribution in [-0.4, -0.2) is 28.5 Å². The predicted octanol–water partition coefficient (Wildman–Crippen LogP) is 2.49. The molecular formula is C13H14N4O3. The van der Waals surface area contributed by atoms with Crippen molar-refractivity contribution in [3.05, 3.63) is 40.7 Å². The van der Waals surface area contributed by atoms with Crippen LogP contribution < -0.4 is 10.1 Å². The second kappa shape index (κ2) is 5.96. The van der Waals surface area contributed by atoms with E-state index in [4.69, 9.17) is 4.74 Å². The van der Waals surface area contributed by atoms with E-state index < -0.39 is 4.92 Å². The molecule has 7 nitrogen and oxygen atoms in total. The Kier molecular flexibility index (Phi) is 4.09. The van der Waals surface area contributed by atoms with Gasteiger partial charge < -0.3 is 10.1 Å². The molecule has 7 heteroatoms. The van der Waals surface area contributed by atoms with Crippen molar-refractivity contribution in [2.45, 2.75) is 6.92 Å². The molecule has 104 valence electrons. The third kappa shape index (κ3) is 2.66. The summed E-state index contributed by atoms with van der Waals surface area (Å²) in [7, 11) is 1.56. The minimum Gasteiger partial charge on any atom is -0.497 e. The normalized spacial score (nSPS) is 10.1. The second-order valence-corrected chi connectivity index (χ2v) is 3.94. The van der Waals surface area contributed by atoms with Gasteiger partial charge in [-0.25, -0.2) is 9.97 Å². The van der Waals surface area contributed by atoms with E-state index in [0.717, 1.165) is 0 Å². The van der Waals surface area contributed by atoms with Gasteiger partial charge in [0.05, 0.1) is 12.0 Å². The minimum atomic E-state index is -0.475. The number of nitro groups is 1. The molecule has 0 aliphatic heterocycles. The summed E-state index contributed by atoms with van der Waals surface area (Å²) >= 11 is 0. The summed E-state index contributed by atoms with van der Waals surface area (Å²) in [5.41, 5.74) is 0.794. The van der Waals surface area contributed by atoms with Crippen LogP contribution in [0.15, 0.2) is 30.6 Å². The van der Waals surface area contributed by atoms with Crippen LogP contribution in [0.2, 0.25) is 0 Å². The average Bonchev–Trinajstić information content (AvgIpc) is 2.47. The summed E-state index contributed by atoms with van der Waals surface area (Å²) < 4.78 is 5.07. The van der Waals surface area contributed by atoms with Gasteiger partial charge in [0.2, 0.25) is 5.82 Å². The second-order valence-electron chi connectivity index (χ2n) is 3.94. The van der Waals surface area contributed by atoms with Crippen LogP contribution in [0.1, 0.15) is 6.92 Å². The largest absolute Gasteiger partial charge is 0.497 e. The minimum absolute atomic E-state index is 0.125. The summed E-state index contributed by atoms with van der Waals surface area (Å²) in [4.78, 5) is 18.8. The zero-order chi connectivity index (χ0) is 14.5. The first-order valence-corrected chi connectivity index (χ1v) is 6.05. The highest BCUT2D eigenvalue weighted by atomic mass is 16.6. The molecule has 0 aliphatic rings. The molecule has 0 spiro atoms. The molecule has 0 unspecified atom stereocenters. The maximum Gasteiger partial charge on any atom is 0.337 e. The number of anilines is 1. The topological polar surface area (TPSA) is 90.2 Å². The molecule has 0 fully saturated rings.